The lowest BCUT2D eigenvalue weighted by Crippen LogP contribution is -2.13. The van der Waals surface area contributed by atoms with E-state index in [4.69, 9.17) is 13.9 Å². The zero-order valence-corrected chi connectivity index (χ0v) is 17.2. The number of aromatic nitrogens is 2. The average Bonchev–Trinajstić information content (AvgIpc) is 3.19. The third-order valence-corrected chi connectivity index (χ3v) is 4.44. The van der Waals surface area contributed by atoms with Crippen molar-refractivity contribution in [1.82, 2.24) is 9.97 Å². The molecule has 0 amide bonds. The molecule has 7 heteroatoms. The van der Waals surface area contributed by atoms with Crippen molar-refractivity contribution in [3.05, 3.63) is 64.3 Å². The van der Waals surface area contributed by atoms with Gasteiger partial charge in [0.15, 0.2) is 0 Å². The molecular weight excluding hydrogens is 372 g/mol. The molecule has 0 spiro atoms. The van der Waals surface area contributed by atoms with Gasteiger partial charge in [0.2, 0.25) is 5.89 Å². The number of hydrogen-bond acceptors (Lipinski definition) is 6. The number of nitrogens with one attached hydrogen (secondary N) is 1. The highest BCUT2D eigenvalue weighted by molar-refractivity contribution is 5.98. The van der Waals surface area contributed by atoms with Gasteiger partial charge in [-0.2, -0.15) is 0 Å². The van der Waals surface area contributed by atoms with Gasteiger partial charge < -0.3 is 18.9 Å². The molecular formula is C22H24N2O5. The fraction of sp³-hybridized carbons (Fsp3) is 0.318. The largest absolute Gasteiger partial charge is 0.459 e. The molecule has 0 aliphatic heterocycles. The number of nitrogens with zero attached hydrogens (tertiary/aromatic N) is 1. The number of rotatable bonds is 6. The lowest BCUT2D eigenvalue weighted by Gasteiger charge is -2.08. The highest BCUT2D eigenvalue weighted by Gasteiger charge is 2.25. The molecule has 0 saturated heterocycles. The smallest absolute Gasteiger partial charge is 0.355 e. The van der Waals surface area contributed by atoms with Gasteiger partial charge in [0.1, 0.15) is 23.8 Å². The Bertz CT molecular complexity index is 1030. The normalized spacial score (nSPS) is 11.0. The van der Waals surface area contributed by atoms with Crippen LogP contribution >= 0.6 is 0 Å². The van der Waals surface area contributed by atoms with Gasteiger partial charge in [0.05, 0.1) is 11.7 Å². The Morgan fingerprint density at radius 3 is 2.45 bits per heavy atom. The first-order valence-electron chi connectivity index (χ1n) is 9.37. The minimum absolute atomic E-state index is 0.0374. The zero-order valence-electron chi connectivity index (χ0n) is 17.2. The maximum atomic E-state index is 12.6. The number of aromatic amines is 1. The van der Waals surface area contributed by atoms with Gasteiger partial charge in [-0.3, -0.25) is 0 Å². The Morgan fingerprint density at radius 2 is 1.79 bits per heavy atom. The van der Waals surface area contributed by atoms with E-state index in [1.54, 1.807) is 34.6 Å². The summed E-state index contributed by atoms with van der Waals surface area (Å²) in [6, 6.07) is 9.49. The van der Waals surface area contributed by atoms with Crippen molar-refractivity contribution >= 4 is 11.9 Å². The first kappa shape index (κ1) is 20.4. The summed E-state index contributed by atoms with van der Waals surface area (Å²) in [5, 5.41) is 0. The summed E-state index contributed by atoms with van der Waals surface area (Å²) in [5.41, 5.74) is 3.02. The van der Waals surface area contributed by atoms with E-state index in [1.807, 2.05) is 30.3 Å². The van der Waals surface area contributed by atoms with Gasteiger partial charge in [0.25, 0.3) is 0 Å². The van der Waals surface area contributed by atoms with E-state index >= 15 is 0 Å². The number of carbonyl (C=O) groups is 2. The topological polar surface area (TPSA) is 94.4 Å². The minimum Gasteiger partial charge on any atom is -0.459 e. The van der Waals surface area contributed by atoms with Gasteiger partial charge in [-0.05, 0) is 52.3 Å². The molecule has 1 N–H and O–H groups in total. The summed E-state index contributed by atoms with van der Waals surface area (Å²) in [6.07, 6.45) is -0.249. The second kappa shape index (κ2) is 8.34. The standard InChI is InChI=1S/C22H24N2O5/c1-12(2)28-21(25)18-13(3)19(23-14(18)4)22(26)27-11-17-15(5)29-20(24-17)16-9-7-6-8-10-16/h6-10,12,23H,11H2,1-5H3. The molecule has 2 aromatic heterocycles. The SMILES string of the molecule is Cc1[nH]c(C(=O)OCc2nc(-c3ccccc3)oc2C)c(C)c1C(=O)OC(C)C. The molecule has 0 bridgehead atoms. The van der Waals surface area contributed by atoms with Crippen LogP contribution in [0.4, 0.5) is 0 Å². The van der Waals surface area contributed by atoms with Crippen molar-refractivity contribution < 1.29 is 23.5 Å². The zero-order chi connectivity index (χ0) is 21.1. The second-order valence-corrected chi connectivity index (χ2v) is 7.04. The molecule has 0 unspecified atom stereocenters. The molecule has 152 valence electrons. The number of H-pyrrole nitrogens is 1. The molecule has 0 aliphatic carbocycles. The maximum absolute atomic E-state index is 12.6. The van der Waals surface area contributed by atoms with Crippen LogP contribution in [0.2, 0.25) is 0 Å². The molecule has 0 aliphatic rings. The Labute approximate surface area is 169 Å². The van der Waals surface area contributed by atoms with Crippen molar-refractivity contribution in [1.29, 1.82) is 0 Å². The van der Waals surface area contributed by atoms with Crippen LogP contribution in [0.25, 0.3) is 11.5 Å². The van der Waals surface area contributed by atoms with Crippen molar-refractivity contribution in [2.45, 2.75) is 47.3 Å². The quantitative estimate of drug-likeness (QED) is 0.616. The van der Waals surface area contributed by atoms with Crippen LogP contribution in [-0.2, 0) is 16.1 Å². The van der Waals surface area contributed by atoms with Gasteiger partial charge in [-0.1, -0.05) is 18.2 Å². The van der Waals surface area contributed by atoms with Gasteiger partial charge in [0, 0.05) is 11.3 Å². The number of carbonyl (C=O) groups excluding carboxylic acids is 2. The van der Waals surface area contributed by atoms with E-state index < -0.39 is 11.9 Å². The molecule has 3 rings (SSSR count). The minimum atomic E-state index is -0.571. The van der Waals surface area contributed by atoms with Crippen LogP contribution in [0.15, 0.2) is 34.7 Å². The number of esters is 2. The van der Waals surface area contributed by atoms with E-state index in [1.165, 1.54) is 0 Å². The van der Waals surface area contributed by atoms with E-state index in [0.29, 0.717) is 34.2 Å². The van der Waals surface area contributed by atoms with Crippen LogP contribution in [0.5, 0.6) is 0 Å². The monoisotopic (exact) mass is 396 g/mol. The number of benzene rings is 1. The predicted octanol–water partition coefficient (Wildman–Crippen LogP) is 4.52. The van der Waals surface area contributed by atoms with E-state index in [2.05, 4.69) is 9.97 Å². The van der Waals surface area contributed by atoms with Crippen LogP contribution < -0.4 is 0 Å². The summed E-state index contributed by atoms with van der Waals surface area (Å²) < 4.78 is 16.3. The second-order valence-electron chi connectivity index (χ2n) is 7.04. The highest BCUT2D eigenvalue weighted by atomic mass is 16.5. The van der Waals surface area contributed by atoms with Crippen molar-refractivity contribution in [2.24, 2.45) is 0 Å². The Morgan fingerprint density at radius 1 is 1.10 bits per heavy atom. The average molecular weight is 396 g/mol. The summed E-state index contributed by atoms with van der Waals surface area (Å²) in [4.78, 5) is 32.2. The number of ether oxygens (including phenoxy) is 2. The van der Waals surface area contributed by atoms with Gasteiger partial charge in [-0.25, -0.2) is 14.6 Å². The molecule has 29 heavy (non-hydrogen) atoms. The third kappa shape index (κ3) is 4.39. The van der Waals surface area contributed by atoms with Gasteiger partial charge in [-0.15, -0.1) is 0 Å². The Kier molecular flexibility index (Phi) is 5.87. The Hall–Kier alpha value is -3.35. The summed E-state index contributed by atoms with van der Waals surface area (Å²) >= 11 is 0. The third-order valence-electron chi connectivity index (χ3n) is 4.44. The van der Waals surface area contributed by atoms with Gasteiger partial charge >= 0.3 is 11.9 Å². The molecule has 0 fully saturated rings. The van der Waals surface area contributed by atoms with E-state index in [-0.39, 0.29) is 18.4 Å². The molecule has 2 heterocycles. The lowest BCUT2D eigenvalue weighted by atomic mass is 10.1. The lowest BCUT2D eigenvalue weighted by molar-refractivity contribution is 0.0376. The summed E-state index contributed by atoms with van der Waals surface area (Å²) in [6.45, 7) is 8.68. The van der Waals surface area contributed by atoms with Crippen LogP contribution in [0.3, 0.4) is 0 Å². The van der Waals surface area contributed by atoms with Crippen molar-refractivity contribution in [3.8, 4) is 11.5 Å². The molecule has 0 atom stereocenters. The first-order chi connectivity index (χ1) is 13.8. The summed E-state index contributed by atoms with van der Waals surface area (Å²) in [5.74, 6) is 0.0139. The fourth-order valence-electron chi connectivity index (χ4n) is 3.01. The molecule has 0 radical (unpaired) electrons. The van der Waals surface area contributed by atoms with Crippen LogP contribution in [0, 0.1) is 20.8 Å². The highest BCUT2D eigenvalue weighted by Crippen LogP contribution is 2.23. The molecule has 0 saturated carbocycles. The summed E-state index contributed by atoms with van der Waals surface area (Å²) in [7, 11) is 0. The van der Waals surface area contributed by atoms with Crippen molar-refractivity contribution in [2.75, 3.05) is 0 Å². The number of aryl methyl sites for hydroxylation is 2. The van der Waals surface area contributed by atoms with E-state index in [9.17, 15) is 9.59 Å². The van der Waals surface area contributed by atoms with Crippen LogP contribution in [-0.4, -0.2) is 28.0 Å². The maximum Gasteiger partial charge on any atom is 0.355 e. The van der Waals surface area contributed by atoms with E-state index in [0.717, 1.165) is 5.56 Å². The first-order valence-corrected chi connectivity index (χ1v) is 9.37. The molecule has 1 aromatic carbocycles. The molecule has 3 aromatic rings. The number of oxazole rings is 1. The number of hydrogen-bond donors (Lipinski definition) is 1. The van der Waals surface area contributed by atoms with Crippen LogP contribution in [0.1, 0.15) is 57.4 Å². The fourth-order valence-corrected chi connectivity index (χ4v) is 3.01. The molecule has 7 nitrogen and oxygen atoms in total. The van der Waals surface area contributed by atoms with Crippen molar-refractivity contribution in [3.63, 3.8) is 0 Å². The predicted molar refractivity (Wildman–Crippen MR) is 107 cm³/mol. The Balaban J connectivity index is 1.74.